The lowest BCUT2D eigenvalue weighted by Crippen LogP contribution is -2.14. The molecule has 2 aromatic heterocycles. The summed E-state index contributed by atoms with van der Waals surface area (Å²) in [7, 11) is 2.77. The van der Waals surface area contributed by atoms with Gasteiger partial charge < -0.3 is 9.47 Å². The predicted octanol–water partition coefficient (Wildman–Crippen LogP) is 3.34. The van der Waals surface area contributed by atoms with Crippen LogP contribution in [-0.4, -0.2) is 58.1 Å². The SMILES string of the molecule is COC(=O)C(C)CSc1nnc(Sc2nnc(SCC(C)C(=O)OC)s2)s1. The van der Waals surface area contributed by atoms with Gasteiger partial charge in [-0.1, -0.05) is 60.0 Å². The van der Waals surface area contributed by atoms with E-state index in [9.17, 15) is 9.59 Å². The Morgan fingerprint density at radius 2 is 1.19 bits per heavy atom. The maximum atomic E-state index is 11.4. The van der Waals surface area contributed by atoms with E-state index in [0.29, 0.717) is 11.5 Å². The first-order valence-electron chi connectivity index (χ1n) is 7.69. The normalized spacial score (nSPS) is 13.2. The molecule has 0 aliphatic heterocycles. The molecular formula is C14H18N4O4S5. The molecule has 148 valence electrons. The molecule has 0 amide bonds. The molecule has 0 bridgehead atoms. The number of hydrogen-bond donors (Lipinski definition) is 0. The Morgan fingerprint density at radius 3 is 1.56 bits per heavy atom. The Morgan fingerprint density at radius 1 is 0.815 bits per heavy atom. The van der Waals surface area contributed by atoms with E-state index >= 15 is 0 Å². The van der Waals surface area contributed by atoms with Crippen molar-refractivity contribution in [1.82, 2.24) is 20.4 Å². The minimum absolute atomic E-state index is 0.199. The third-order valence-electron chi connectivity index (χ3n) is 3.07. The average Bonchev–Trinajstić information content (AvgIpc) is 3.32. The van der Waals surface area contributed by atoms with Crippen molar-refractivity contribution in [1.29, 1.82) is 0 Å². The van der Waals surface area contributed by atoms with Crippen LogP contribution in [0.4, 0.5) is 0 Å². The lowest BCUT2D eigenvalue weighted by Gasteiger charge is -2.06. The van der Waals surface area contributed by atoms with E-state index in [1.165, 1.54) is 72.2 Å². The van der Waals surface area contributed by atoms with Gasteiger partial charge in [-0.3, -0.25) is 9.59 Å². The summed E-state index contributed by atoms with van der Waals surface area (Å²) < 4.78 is 12.5. The van der Waals surface area contributed by atoms with E-state index in [-0.39, 0.29) is 23.8 Å². The van der Waals surface area contributed by atoms with Crippen LogP contribution in [0, 0.1) is 11.8 Å². The highest BCUT2D eigenvalue weighted by molar-refractivity contribution is 8.05. The second kappa shape index (κ2) is 11.2. The highest BCUT2D eigenvalue weighted by Gasteiger charge is 2.17. The highest BCUT2D eigenvalue weighted by Crippen LogP contribution is 2.37. The zero-order chi connectivity index (χ0) is 19.8. The van der Waals surface area contributed by atoms with E-state index in [1.807, 2.05) is 13.8 Å². The molecular weight excluding hydrogens is 449 g/mol. The van der Waals surface area contributed by atoms with Crippen molar-refractivity contribution in [3.05, 3.63) is 0 Å². The first-order chi connectivity index (χ1) is 12.9. The number of thioether (sulfide) groups is 2. The van der Waals surface area contributed by atoms with Crippen LogP contribution in [0.15, 0.2) is 17.4 Å². The molecule has 2 heterocycles. The summed E-state index contributed by atoms with van der Waals surface area (Å²) in [6.07, 6.45) is 0. The van der Waals surface area contributed by atoms with Gasteiger partial charge in [0.15, 0.2) is 17.4 Å². The van der Waals surface area contributed by atoms with Crippen molar-refractivity contribution < 1.29 is 19.1 Å². The number of esters is 2. The summed E-state index contributed by atoms with van der Waals surface area (Å²) in [4.78, 5) is 22.8. The quantitative estimate of drug-likeness (QED) is 0.380. The highest BCUT2D eigenvalue weighted by atomic mass is 32.2. The number of carbonyl (C=O) groups excluding carboxylic acids is 2. The summed E-state index contributed by atoms with van der Waals surface area (Å²) in [6, 6.07) is 0. The number of rotatable bonds is 10. The Labute approximate surface area is 177 Å². The molecule has 27 heavy (non-hydrogen) atoms. The minimum atomic E-state index is -0.234. The van der Waals surface area contributed by atoms with Gasteiger partial charge in [0.1, 0.15) is 0 Å². The fraction of sp³-hybridized carbons (Fsp3) is 0.571. The third kappa shape index (κ3) is 7.22. The summed E-state index contributed by atoms with van der Waals surface area (Å²) >= 11 is 7.24. The first kappa shape index (κ1) is 22.4. The lowest BCUT2D eigenvalue weighted by atomic mass is 10.2. The molecule has 8 nitrogen and oxygen atoms in total. The fourth-order valence-corrected chi connectivity index (χ4v) is 6.90. The number of nitrogens with zero attached hydrogens (tertiary/aromatic N) is 4. The van der Waals surface area contributed by atoms with Crippen LogP contribution < -0.4 is 0 Å². The van der Waals surface area contributed by atoms with Gasteiger partial charge in [-0.05, 0) is 11.8 Å². The van der Waals surface area contributed by atoms with E-state index in [2.05, 4.69) is 20.4 Å². The molecule has 0 aliphatic carbocycles. The number of methoxy groups -OCH3 is 2. The molecule has 0 aliphatic rings. The van der Waals surface area contributed by atoms with Gasteiger partial charge in [-0.25, -0.2) is 0 Å². The van der Waals surface area contributed by atoms with Gasteiger partial charge in [-0.2, -0.15) is 0 Å². The summed E-state index contributed by atoms with van der Waals surface area (Å²) in [6.45, 7) is 3.63. The maximum Gasteiger partial charge on any atom is 0.309 e. The molecule has 13 heteroatoms. The molecule has 0 aromatic carbocycles. The smallest absolute Gasteiger partial charge is 0.309 e. The lowest BCUT2D eigenvalue weighted by molar-refractivity contribution is -0.144. The Hall–Kier alpha value is -0.890. The number of carbonyl (C=O) groups is 2. The van der Waals surface area contributed by atoms with Crippen LogP contribution in [0.2, 0.25) is 0 Å². The molecule has 0 saturated carbocycles. The minimum Gasteiger partial charge on any atom is -0.469 e. The van der Waals surface area contributed by atoms with Gasteiger partial charge in [0.05, 0.1) is 26.1 Å². The summed E-state index contributed by atoms with van der Waals surface area (Å²) in [5.41, 5.74) is 0. The van der Waals surface area contributed by atoms with Crippen LogP contribution in [0.1, 0.15) is 13.8 Å². The van der Waals surface area contributed by atoms with E-state index < -0.39 is 0 Å². The second-order valence-electron chi connectivity index (χ2n) is 5.24. The third-order valence-corrected chi connectivity index (χ3v) is 8.81. The zero-order valence-electron chi connectivity index (χ0n) is 15.0. The monoisotopic (exact) mass is 466 g/mol. The van der Waals surface area contributed by atoms with Crippen molar-refractivity contribution >= 4 is 69.9 Å². The number of aromatic nitrogens is 4. The van der Waals surface area contributed by atoms with E-state index in [0.717, 1.165) is 17.4 Å². The van der Waals surface area contributed by atoms with Crippen LogP contribution in [-0.2, 0) is 19.1 Å². The fourth-order valence-electron chi connectivity index (χ4n) is 1.60. The molecule has 2 rings (SSSR count). The van der Waals surface area contributed by atoms with Crippen molar-refractivity contribution in [2.75, 3.05) is 25.7 Å². The molecule has 0 saturated heterocycles. The Balaban J connectivity index is 1.82. The van der Waals surface area contributed by atoms with Crippen LogP contribution in [0.3, 0.4) is 0 Å². The summed E-state index contributed by atoms with van der Waals surface area (Å²) in [5.74, 6) is 0.308. The molecule has 2 aromatic rings. The summed E-state index contributed by atoms with van der Waals surface area (Å²) in [5, 5.41) is 16.5. The molecule has 0 radical (unpaired) electrons. The maximum absolute atomic E-state index is 11.4. The van der Waals surface area contributed by atoms with E-state index in [1.54, 1.807) is 0 Å². The predicted molar refractivity (Wildman–Crippen MR) is 108 cm³/mol. The Bertz CT molecular complexity index is 706. The van der Waals surface area contributed by atoms with Gasteiger partial charge in [0.25, 0.3) is 0 Å². The number of hydrogen-bond acceptors (Lipinski definition) is 13. The van der Waals surface area contributed by atoms with Crippen LogP contribution in [0.25, 0.3) is 0 Å². The second-order valence-corrected chi connectivity index (χ2v) is 11.2. The number of ether oxygens (including phenoxy) is 2. The van der Waals surface area contributed by atoms with Crippen LogP contribution >= 0.6 is 58.0 Å². The molecule has 2 atom stereocenters. The zero-order valence-corrected chi connectivity index (χ0v) is 19.1. The van der Waals surface area contributed by atoms with Crippen molar-refractivity contribution in [2.45, 2.75) is 31.2 Å². The molecule has 0 N–H and O–H groups in total. The van der Waals surface area contributed by atoms with Crippen LogP contribution in [0.5, 0.6) is 0 Å². The van der Waals surface area contributed by atoms with Crippen molar-refractivity contribution in [2.24, 2.45) is 11.8 Å². The van der Waals surface area contributed by atoms with Crippen molar-refractivity contribution in [3.63, 3.8) is 0 Å². The van der Waals surface area contributed by atoms with Gasteiger partial charge in [0, 0.05) is 11.5 Å². The first-order valence-corrected chi connectivity index (χ1v) is 12.1. The standard InChI is InChI=1S/C14H18N4O4S5/c1-7(9(19)21-3)5-23-11-15-17-13(25-11)27-14-18-16-12(26-14)24-6-8(2)10(20)22-4/h7-8H,5-6H2,1-4H3. The molecule has 0 spiro atoms. The van der Waals surface area contributed by atoms with Gasteiger partial charge in [-0.15, -0.1) is 20.4 Å². The van der Waals surface area contributed by atoms with Crippen molar-refractivity contribution in [3.8, 4) is 0 Å². The van der Waals surface area contributed by atoms with E-state index in [4.69, 9.17) is 9.47 Å². The topological polar surface area (TPSA) is 104 Å². The largest absolute Gasteiger partial charge is 0.469 e. The Kier molecular flexibility index (Phi) is 9.29. The van der Waals surface area contributed by atoms with Gasteiger partial charge >= 0.3 is 11.9 Å². The molecule has 2 unspecified atom stereocenters. The molecule has 0 fully saturated rings. The van der Waals surface area contributed by atoms with Gasteiger partial charge in [0.2, 0.25) is 0 Å². The average molecular weight is 467 g/mol.